The number of allylic oxidation sites excluding steroid dienone is 1. The summed E-state index contributed by atoms with van der Waals surface area (Å²) >= 11 is 0. The molecule has 1 aliphatic carbocycles. The number of aliphatic hydroxyl groups is 1. The summed E-state index contributed by atoms with van der Waals surface area (Å²) in [6.45, 7) is 6.93. The second-order valence-corrected chi connectivity index (χ2v) is 15.1. The summed E-state index contributed by atoms with van der Waals surface area (Å²) in [4.78, 5) is 13.1. The third-order valence-corrected chi connectivity index (χ3v) is 7.26. The molecule has 2 aliphatic rings. The standard InChI is InChI=1S/C24H34O3Si/c1-28(2,3)17-14-20(19-12-8-7-9-13-19)22-21(25)18-24(27-23(22)26)15-10-5-4-6-11-16-24/h7-9,12-14,25H,4-6,10-11,15-18H2,1-3H3/b20-14+. The Bertz CT molecular complexity index is 748. The van der Waals surface area contributed by atoms with Crippen molar-refractivity contribution in [3.63, 3.8) is 0 Å². The number of benzene rings is 1. The van der Waals surface area contributed by atoms with Crippen molar-refractivity contribution in [2.24, 2.45) is 0 Å². The minimum Gasteiger partial charge on any atom is -0.511 e. The molecule has 1 heterocycles. The van der Waals surface area contributed by atoms with Gasteiger partial charge in [0.1, 0.15) is 16.9 Å². The molecule has 4 heteroatoms. The van der Waals surface area contributed by atoms with E-state index in [0.29, 0.717) is 12.0 Å². The molecule has 0 aromatic heterocycles. The van der Waals surface area contributed by atoms with E-state index in [9.17, 15) is 9.90 Å². The molecule has 1 spiro atoms. The second kappa shape index (κ2) is 8.69. The van der Waals surface area contributed by atoms with Crippen LogP contribution in [-0.4, -0.2) is 24.8 Å². The minimum absolute atomic E-state index is 0.211. The molecule has 152 valence electrons. The molecule has 1 aromatic rings. The lowest BCUT2D eigenvalue weighted by Crippen LogP contribution is -2.41. The molecule has 3 nitrogen and oxygen atoms in total. The van der Waals surface area contributed by atoms with Gasteiger partial charge in [-0.1, -0.05) is 75.3 Å². The third kappa shape index (κ3) is 5.16. The maximum atomic E-state index is 13.1. The average molecular weight is 399 g/mol. The number of ether oxygens (including phenoxy) is 1. The quantitative estimate of drug-likeness (QED) is 0.456. The van der Waals surface area contributed by atoms with Gasteiger partial charge in [-0.25, -0.2) is 4.79 Å². The molecule has 0 bridgehead atoms. The van der Waals surface area contributed by atoms with Gasteiger partial charge in [0.05, 0.1) is 0 Å². The summed E-state index contributed by atoms with van der Waals surface area (Å²) in [5, 5.41) is 11.0. The zero-order chi connectivity index (χ0) is 20.2. The number of carbonyl (C=O) groups is 1. The second-order valence-electron chi connectivity index (χ2n) is 9.59. The van der Waals surface area contributed by atoms with Crippen molar-refractivity contribution in [2.75, 3.05) is 0 Å². The first-order valence-corrected chi connectivity index (χ1v) is 14.4. The van der Waals surface area contributed by atoms with Crippen LogP contribution < -0.4 is 0 Å². The molecule has 0 radical (unpaired) electrons. The van der Waals surface area contributed by atoms with Crippen molar-refractivity contribution >= 4 is 19.6 Å². The molecule has 0 amide bonds. The topological polar surface area (TPSA) is 46.5 Å². The molecular weight excluding hydrogens is 364 g/mol. The van der Waals surface area contributed by atoms with Crippen LogP contribution in [-0.2, 0) is 9.53 Å². The predicted octanol–water partition coefficient (Wildman–Crippen LogP) is 6.65. The van der Waals surface area contributed by atoms with Gasteiger partial charge in [0.15, 0.2) is 0 Å². The number of esters is 1. The van der Waals surface area contributed by atoms with Crippen LogP contribution in [0.15, 0.2) is 47.7 Å². The maximum Gasteiger partial charge on any atom is 0.342 e. The first-order valence-electron chi connectivity index (χ1n) is 10.7. The van der Waals surface area contributed by atoms with E-state index < -0.39 is 13.7 Å². The van der Waals surface area contributed by atoms with Crippen molar-refractivity contribution in [3.05, 3.63) is 53.3 Å². The Hall–Kier alpha value is -1.81. The van der Waals surface area contributed by atoms with Gasteiger partial charge in [0.2, 0.25) is 0 Å². The number of rotatable bonds is 4. The lowest BCUT2D eigenvalue weighted by atomic mass is 9.80. The van der Waals surface area contributed by atoms with E-state index in [1.54, 1.807) is 0 Å². The van der Waals surface area contributed by atoms with Crippen molar-refractivity contribution < 1.29 is 14.6 Å². The Morgan fingerprint density at radius 2 is 1.68 bits per heavy atom. The molecular formula is C24H34O3Si. The van der Waals surface area contributed by atoms with Crippen molar-refractivity contribution in [3.8, 4) is 0 Å². The smallest absolute Gasteiger partial charge is 0.342 e. The SMILES string of the molecule is C[Si](C)(C)C/C=C(/C1=C(O)CC2(CCCCCCC2)OC1=O)c1ccccc1. The van der Waals surface area contributed by atoms with Crippen molar-refractivity contribution in [1.29, 1.82) is 0 Å². The van der Waals surface area contributed by atoms with Gasteiger partial charge in [-0.3, -0.25) is 0 Å². The normalized spacial score (nSPS) is 21.2. The van der Waals surface area contributed by atoms with Gasteiger partial charge in [-0.15, -0.1) is 0 Å². The van der Waals surface area contributed by atoms with Gasteiger partial charge in [0.25, 0.3) is 0 Å². The van der Waals surface area contributed by atoms with E-state index in [2.05, 4.69) is 25.7 Å². The van der Waals surface area contributed by atoms with Crippen molar-refractivity contribution in [2.45, 2.75) is 82.7 Å². The Balaban J connectivity index is 1.97. The molecule has 0 atom stereocenters. The minimum atomic E-state index is -1.34. The van der Waals surface area contributed by atoms with E-state index in [1.807, 2.05) is 30.3 Å². The molecule has 1 fully saturated rings. The summed E-state index contributed by atoms with van der Waals surface area (Å²) in [5.41, 5.74) is 1.65. The van der Waals surface area contributed by atoms with Gasteiger partial charge >= 0.3 is 5.97 Å². The van der Waals surface area contributed by atoms with Gasteiger partial charge in [-0.05, 0) is 42.9 Å². The van der Waals surface area contributed by atoms with E-state index in [-0.39, 0.29) is 11.7 Å². The molecule has 3 rings (SSSR count). The first-order chi connectivity index (χ1) is 13.3. The fraction of sp³-hybridized carbons (Fsp3) is 0.542. The largest absolute Gasteiger partial charge is 0.511 e. The highest BCUT2D eigenvalue weighted by Crippen LogP contribution is 2.42. The predicted molar refractivity (Wildman–Crippen MR) is 118 cm³/mol. The summed E-state index contributed by atoms with van der Waals surface area (Å²) in [6.07, 6.45) is 10.1. The Morgan fingerprint density at radius 1 is 1.07 bits per heavy atom. The van der Waals surface area contributed by atoms with Crippen LogP contribution in [0.2, 0.25) is 25.7 Å². The summed E-state index contributed by atoms with van der Waals surface area (Å²) in [7, 11) is -1.34. The molecule has 1 aliphatic heterocycles. The van der Waals surface area contributed by atoms with Crippen LogP contribution in [0, 0.1) is 0 Å². The summed E-state index contributed by atoms with van der Waals surface area (Å²) in [6, 6.07) is 10.9. The maximum absolute atomic E-state index is 13.1. The third-order valence-electron chi connectivity index (χ3n) is 5.83. The van der Waals surface area contributed by atoms with E-state index >= 15 is 0 Å². The zero-order valence-electron chi connectivity index (χ0n) is 17.6. The van der Waals surface area contributed by atoms with Gasteiger partial charge < -0.3 is 9.84 Å². The van der Waals surface area contributed by atoms with Crippen LogP contribution in [0.4, 0.5) is 0 Å². The fourth-order valence-electron chi connectivity index (χ4n) is 4.28. The van der Waals surface area contributed by atoms with Crippen LogP contribution in [0.1, 0.15) is 56.9 Å². The lowest BCUT2D eigenvalue weighted by Gasteiger charge is -2.38. The van der Waals surface area contributed by atoms with E-state index in [0.717, 1.165) is 42.9 Å². The molecule has 0 unspecified atom stereocenters. The fourth-order valence-corrected chi connectivity index (χ4v) is 5.10. The molecule has 0 saturated heterocycles. The van der Waals surface area contributed by atoms with Crippen LogP contribution in [0.3, 0.4) is 0 Å². The lowest BCUT2D eigenvalue weighted by molar-refractivity contribution is -0.160. The number of hydrogen-bond donors (Lipinski definition) is 1. The average Bonchev–Trinajstić information content (AvgIpc) is 2.61. The molecule has 28 heavy (non-hydrogen) atoms. The number of carbonyl (C=O) groups excluding carboxylic acids is 1. The zero-order valence-corrected chi connectivity index (χ0v) is 18.6. The number of hydrogen-bond acceptors (Lipinski definition) is 3. The summed E-state index contributed by atoms with van der Waals surface area (Å²) < 4.78 is 6.08. The highest BCUT2D eigenvalue weighted by Gasteiger charge is 2.42. The van der Waals surface area contributed by atoms with E-state index in [4.69, 9.17) is 4.74 Å². The molecule has 1 aromatic carbocycles. The highest BCUT2D eigenvalue weighted by molar-refractivity contribution is 6.76. The molecule has 1 saturated carbocycles. The Kier molecular flexibility index (Phi) is 6.49. The Labute approximate surface area is 170 Å². The van der Waals surface area contributed by atoms with Gasteiger partial charge in [-0.2, -0.15) is 0 Å². The Morgan fingerprint density at radius 3 is 2.25 bits per heavy atom. The summed E-state index contributed by atoms with van der Waals surface area (Å²) in [5.74, 6) is -0.141. The van der Waals surface area contributed by atoms with Gasteiger partial charge in [0, 0.05) is 14.5 Å². The van der Waals surface area contributed by atoms with Crippen LogP contribution in [0.25, 0.3) is 5.57 Å². The first kappa shape index (κ1) is 20.9. The van der Waals surface area contributed by atoms with Crippen LogP contribution >= 0.6 is 0 Å². The highest BCUT2D eigenvalue weighted by atomic mass is 28.3. The van der Waals surface area contributed by atoms with E-state index in [1.165, 1.54) is 19.3 Å². The number of aliphatic hydroxyl groups excluding tert-OH is 1. The monoisotopic (exact) mass is 398 g/mol. The van der Waals surface area contributed by atoms with Crippen molar-refractivity contribution in [1.82, 2.24) is 0 Å². The van der Waals surface area contributed by atoms with Crippen LogP contribution in [0.5, 0.6) is 0 Å². The molecule has 1 N–H and O–H groups in total.